The van der Waals surface area contributed by atoms with Crippen LogP contribution in [0.2, 0.25) is 0 Å². The highest BCUT2D eigenvalue weighted by molar-refractivity contribution is 9.10. The second-order valence-corrected chi connectivity index (χ2v) is 5.37. The zero-order valence-electron chi connectivity index (χ0n) is 10.6. The van der Waals surface area contributed by atoms with Crippen molar-refractivity contribution in [2.45, 2.75) is 45.2 Å². The van der Waals surface area contributed by atoms with Gasteiger partial charge in [0.1, 0.15) is 0 Å². The Labute approximate surface area is 113 Å². The summed E-state index contributed by atoms with van der Waals surface area (Å²) >= 11 is 3.51. The summed E-state index contributed by atoms with van der Waals surface area (Å²) in [5.74, 6) is 0. The van der Waals surface area contributed by atoms with Gasteiger partial charge in [0.05, 0.1) is 0 Å². The van der Waals surface area contributed by atoms with E-state index in [1.807, 2.05) is 6.07 Å². The highest BCUT2D eigenvalue weighted by atomic mass is 79.9. The van der Waals surface area contributed by atoms with E-state index in [1.54, 1.807) is 0 Å². The molecule has 3 heteroatoms. The van der Waals surface area contributed by atoms with Crippen LogP contribution in [-0.4, -0.2) is 17.8 Å². The van der Waals surface area contributed by atoms with Gasteiger partial charge < -0.3 is 10.4 Å². The first kappa shape index (κ1) is 14.7. The van der Waals surface area contributed by atoms with Crippen LogP contribution in [0.25, 0.3) is 0 Å². The fraction of sp³-hybridized carbons (Fsp3) is 0.571. The number of halogens is 1. The molecular formula is C14H22BrNO. The van der Waals surface area contributed by atoms with Crippen molar-refractivity contribution in [1.29, 1.82) is 0 Å². The van der Waals surface area contributed by atoms with E-state index in [0.717, 1.165) is 23.7 Å². The van der Waals surface area contributed by atoms with Gasteiger partial charge in [-0.2, -0.15) is 0 Å². The van der Waals surface area contributed by atoms with Gasteiger partial charge in [0.2, 0.25) is 0 Å². The molecular weight excluding hydrogens is 278 g/mol. The van der Waals surface area contributed by atoms with Gasteiger partial charge in [0, 0.05) is 23.2 Å². The Bertz CT molecular complexity index is 330. The Morgan fingerprint density at radius 2 is 2.18 bits per heavy atom. The van der Waals surface area contributed by atoms with Gasteiger partial charge in [0.15, 0.2) is 0 Å². The summed E-state index contributed by atoms with van der Waals surface area (Å²) < 4.78 is 1.12. The molecule has 1 aromatic carbocycles. The van der Waals surface area contributed by atoms with Crippen LogP contribution in [0.1, 0.15) is 44.7 Å². The van der Waals surface area contributed by atoms with E-state index in [4.69, 9.17) is 5.11 Å². The number of aliphatic hydroxyl groups excluding tert-OH is 1. The Balaban J connectivity index is 2.59. The molecule has 0 spiro atoms. The van der Waals surface area contributed by atoms with Crippen molar-refractivity contribution >= 4 is 15.9 Å². The van der Waals surface area contributed by atoms with E-state index < -0.39 is 0 Å². The molecule has 2 N–H and O–H groups in total. The summed E-state index contributed by atoms with van der Waals surface area (Å²) in [4.78, 5) is 0. The van der Waals surface area contributed by atoms with Crippen molar-refractivity contribution in [2.75, 3.05) is 6.61 Å². The molecule has 2 atom stereocenters. The molecule has 17 heavy (non-hydrogen) atoms. The van der Waals surface area contributed by atoms with Crippen LogP contribution < -0.4 is 5.32 Å². The van der Waals surface area contributed by atoms with Gasteiger partial charge in [-0.1, -0.05) is 35.0 Å². The molecule has 0 aliphatic rings. The molecule has 0 radical (unpaired) electrons. The number of hydrogen-bond donors (Lipinski definition) is 2. The number of aliphatic hydroxyl groups is 1. The average molecular weight is 300 g/mol. The number of nitrogens with one attached hydrogen (secondary N) is 1. The Hall–Kier alpha value is -0.380. The fourth-order valence-corrected chi connectivity index (χ4v) is 2.41. The average Bonchev–Trinajstić information content (AvgIpc) is 2.33. The molecule has 0 saturated carbocycles. The summed E-state index contributed by atoms with van der Waals surface area (Å²) in [6.07, 6.45) is 2.95. The standard InChI is InChI=1S/C14H22BrNO/c1-3-14(16-11(2)6-5-9-17)12-7-4-8-13(15)10-12/h4,7-8,10-11,14,16-17H,3,5-6,9H2,1-2H3. The molecule has 2 nitrogen and oxygen atoms in total. The van der Waals surface area contributed by atoms with Crippen molar-refractivity contribution in [3.63, 3.8) is 0 Å². The van der Waals surface area contributed by atoms with E-state index in [9.17, 15) is 0 Å². The highest BCUT2D eigenvalue weighted by Crippen LogP contribution is 2.21. The minimum Gasteiger partial charge on any atom is -0.396 e. The number of hydrogen-bond acceptors (Lipinski definition) is 2. The van der Waals surface area contributed by atoms with Crippen molar-refractivity contribution in [2.24, 2.45) is 0 Å². The molecule has 0 aliphatic carbocycles. The lowest BCUT2D eigenvalue weighted by atomic mass is 10.0. The molecule has 0 saturated heterocycles. The highest BCUT2D eigenvalue weighted by Gasteiger charge is 2.12. The van der Waals surface area contributed by atoms with E-state index >= 15 is 0 Å². The third kappa shape index (κ3) is 5.19. The minimum absolute atomic E-state index is 0.277. The lowest BCUT2D eigenvalue weighted by molar-refractivity contribution is 0.273. The molecule has 0 heterocycles. The fourth-order valence-electron chi connectivity index (χ4n) is 2.00. The maximum Gasteiger partial charge on any atom is 0.0431 e. The molecule has 1 rings (SSSR count). The molecule has 96 valence electrons. The smallest absolute Gasteiger partial charge is 0.0431 e. The van der Waals surface area contributed by atoms with Gasteiger partial charge in [-0.25, -0.2) is 0 Å². The van der Waals surface area contributed by atoms with E-state index in [2.05, 4.69) is 53.3 Å². The summed E-state index contributed by atoms with van der Waals surface area (Å²) in [5.41, 5.74) is 1.32. The molecule has 0 fully saturated rings. The summed E-state index contributed by atoms with van der Waals surface area (Å²) in [6.45, 7) is 4.65. The lowest BCUT2D eigenvalue weighted by Gasteiger charge is -2.22. The Morgan fingerprint density at radius 1 is 1.41 bits per heavy atom. The predicted octanol–water partition coefficient (Wildman–Crippen LogP) is 3.65. The van der Waals surface area contributed by atoms with Crippen molar-refractivity contribution in [3.05, 3.63) is 34.3 Å². The third-order valence-electron chi connectivity index (χ3n) is 2.94. The predicted molar refractivity (Wildman–Crippen MR) is 76.1 cm³/mol. The molecule has 2 unspecified atom stereocenters. The second-order valence-electron chi connectivity index (χ2n) is 4.45. The SMILES string of the molecule is CCC(NC(C)CCCO)c1cccc(Br)c1. The van der Waals surface area contributed by atoms with Crippen LogP contribution in [0.15, 0.2) is 28.7 Å². The maximum atomic E-state index is 8.83. The Morgan fingerprint density at radius 3 is 2.76 bits per heavy atom. The maximum absolute atomic E-state index is 8.83. The van der Waals surface area contributed by atoms with E-state index in [-0.39, 0.29) is 6.61 Å². The zero-order chi connectivity index (χ0) is 12.7. The van der Waals surface area contributed by atoms with Gasteiger partial charge in [0.25, 0.3) is 0 Å². The number of rotatable bonds is 7. The van der Waals surface area contributed by atoms with Gasteiger partial charge >= 0.3 is 0 Å². The van der Waals surface area contributed by atoms with Crippen LogP contribution in [0.3, 0.4) is 0 Å². The quantitative estimate of drug-likeness (QED) is 0.805. The summed E-state index contributed by atoms with van der Waals surface area (Å²) in [7, 11) is 0. The first-order valence-electron chi connectivity index (χ1n) is 6.29. The molecule has 0 aliphatic heterocycles. The topological polar surface area (TPSA) is 32.3 Å². The zero-order valence-corrected chi connectivity index (χ0v) is 12.2. The van der Waals surface area contributed by atoms with Crippen LogP contribution in [0.5, 0.6) is 0 Å². The van der Waals surface area contributed by atoms with Crippen LogP contribution in [0.4, 0.5) is 0 Å². The van der Waals surface area contributed by atoms with Crippen LogP contribution in [0, 0.1) is 0 Å². The van der Waals surface area contributed by atoms with Crippen molar-refractivity contribution < 1.29 is 5.11 Å². The van der Waals surface area contributed by atoms with Gasteiger partial charge in [-0.15, -0.1) is 0 Å². The minimum atomic E-state index is 0.277. The largest absolute Gasteiger partial charge is 0.396 e. The van der Waals surface area contributed by atoms with E-state index in [0.29, 0.717) is 12.1 Å². The summed E-state index contributed by atoms with van der Waals surface area (Å²) in [6, 6.07) is 9.27. The molecule has 1 aromatic rings. The monoisotopic (exact) mass is 299 g/mol. The first-order chi connectivity index (χ1) is 8.17. The van der Waals surface area contributed by atoms with Crippen molar-refractivity contribution in [3.8, 4) is 0 Å². The number of benzene rings is 1. The lowest BCUT2D eigenvalue weighted by Crippen LogP contribution is -2.30. The molecule has 0 amide bonds. The molecule has 0 aromatic heterocycles. The Kier molecular flexibility index (Phi) is 6.78. The third-order valence-corrected chi connectivity index (χ3v) is 3.43. The van der Waals surface area contributed by atoms with Gasteiger partial charge in [-0.05, 0) is 43.9 Å². The first-order valence-corrected chi connectivity index (χ1v) is 7.09. The van der Waals surface area contributed by atoms with Crippen LogP contribution >= 0.6 is 15.9 Å². The van der Waals surface area contributed by atoms with Gasteiger partial charge in [-0.3, -0.25) is 0 Å². The van der Waals surface area contributed by atoms with E-state index in [1.165, 1.54) is 5.56 Å². The van der Waals surface area contributed by atoms with Crippen LogP contribution in [-0.2, 0) is 0 Å². The second kappa shape index (κ2) is 7.85. The summed E-state index contributed by atoms with van der Waals surface area (Å²) in [5, 5.41) is 12.4. The normalized spacial score (nSPS) is 14.6. The molecule has 0 bridgehead atoms. The van der Waals surface area contributed by atoms with Crippen molar-refractivity contribution in [1.82, 2.24) is 5.32 Å².